The largest absolute Gasteiger partial charge is 0.493 e. The van der Waals surface area contributed by atoms with Gasteiger partial charge in [0.05, 0.1) is 12.0 Å². The fourth-order valence-corrected chi connectivity index (χ4v) is 3.11. The molecule has 0 unspecified atom stereocenters. The van der Waals surface area contributed by atoms with Crippen molar-refractivity contribution in [2.75, 3.05) is 20.2 Å². The van der Waals surface area contributed by atoms with Gasteiger partial charge in [0.25, 0.3) is 5.91 Å². The molecule has 2 aromatic rings. The van der Waals surface area contributed by atoms with Crippen LogP contribution in [0.4, 0.5) is 5.69 Å². The molecule has 1 heterocycles. The lowest BCUT2D eigenvalue weighted by Gasteiger charge is -2.26. The fourth-order valence-electron chi connectivity index (χ4n) is 2.94. The molecule has 2 aromatic carbocycles. The van der Waals surface area contributed by atoms with Crippen LogP contribution >= 0.6 is 11.6 Å². The van der Waals surface area contributed by atoms with Gasteiger partial charge in [-0.1, -0.05) is 18.0 Å². The third-order valence-corrected chi connectivity index (χ3v) is 4.61. The summed E-state index contributed by atoms with van der Waals surface area (Å²) in [5.41, 5.74) is 3.02. The zero-order valence-corrected chi connectivity index (χ0v) is 16.1. The van der Waals surface area contributed by atoms with Gasteiger partial charge in [-0.15, -0.1) is 0 Å². The summed E-state index contributed by atoms with van der Waals surface area (Å²) in [5, 5.41) is 13.4. The standard InChI is InChI=1S/C19H20ClN3O5/c1-27-18-11-13(19(24)21-22-9-3-2-4-10-22)5-7-17(18)28-16-8-6-14(20)12-15(16)23(25)26/h5-8,11-12H,2-4,9-10H2,1H3,(H,21,24). The lowest BCUT2D eigenvalue weighted by atomic mass is 10.1. The van der Waals surface area contributed by atoms with Crippen molar-refractivity contribution in [1.29, 1.82) is 0 Å². The number of ether oxygens (including phenoxy) is 2. The molecule has 0 aliphatic carbocycles. The van der Waals surface area contributed by atoms with Crippen LogP contribution in [0.15, 0.2) is 36.4 Å². The minimum Gasteiger partial charge on any atom is -0.493 e. The second kappa shape index (κ2) is 8.90. The van der Waals surface area contributed by atoms with Crippen LogP contribution in [0, 0.1) is 10.1 Å². The zero-order valence-electron chi connectivity index (χ0n) is 15.3. The molecular weight excluding hydrogens is 386 g/mol. The maximum atomic E-state index is 12.5. The van der Waals surface area contributed by atoms with Gasteiger partial charge in [-0.25, -0.2) is 5.01 Å². The molecule has 1 aliphatic rings. The van der Waals surface area contributed by atoms with E-state index in [0.29, 0.717) is 5.56 Å². The number of nitro benzene ring substituents is 1. The van der Waals surface area contributed by atoms with E-state index in [1.54, 1.807) is 12.1 Å². The molecule has 1 fully saturated rings. The molecule has 1 aliphatic heterocycles. The van der Waals surface area contributed by atoms with E-state index in [9.17, 15) is 14.9 Å². The summed E-state index contributed by atoms with van der Waals surface area (Å²) in [5.74, 6) is 0.320. The van der Waals surface area contributed by atoms with Crippen molar-refractivity contribution < 1.29 is 19.2 Å². The summed E-state index contributed by atoms with van der Waals surface area (Å²) in [4.78, 5) is 23.1. The highest BCUT2D eigenvalue weighted by Crippen LogP contribution is 2.37. The number of benzene rings is 2. The molecule has 148 valence electrons. The third-order valence-electron chi connectivity index (χ3n) is 4.38. The number of nitrogens with zero attached hydrogens (tertiary/aromatic N) is 2. The Morgan fingerprint density at radius 1 is 1.11 bits per heavy atom. The van der Waals surface area contributed by atoms with E-state index in [4.69, 9.17) is 21.1 Å². The van der Waals surface area contributed by atoms with Gasteiger partial charge in [-0.05, 0) is 43.2 Å². The molecule has 1 saturated heterocycles. The molecule has 0 aromatic heterocycles. The van der Waals surface area contributed by atoms with Crippen molar-refractivity contribution in [2.24, 2.45) is 0 Å². The van der Waals surface area contributed by atoms with Crippen LogP contribution < -0.4 is 14.9 Å². The van der Waals surface area contributed by atoms with Gasteiger partial charge in [-0.3, -0.25) is 20.3 Å². The number of amides is 1. The van der Waals surface area contributed by atoms with Crippen molar-refractivity contribution in [3.8, 4) is 17.2 Å². The minimum absolute atomic E-state index is 0.0261. The number of halogens is 1. The molecule has 8 nitrogen and oxygen atoms in total. The molecule has 28 heavy (non-hydrogen) atoms. The van der Waals surface area contributed by atoms with Gasteiger partial charge in [0, 0.05) is 29.7 Å². The van der Waals surface area contributed by atoms with Gasteiger partial charge < -0.3 is 9.47 Å². The van der Waals surface area contributed by atoms with E-state index >= 15 is 0 Å². The van der Waals surface area contributed by atoms with Crippen LogP contribution in [-0.2, 0) is 0 Å². The molecule has 1 N–H and O–H groups in total. The fraction of sp³-hybridized carbons (Fsp3) is 0.316. The molecule has 0 bridgehead atoms. The van der Waals surface area contributed by atoms with E-state index in [1.165, 1.54) is 37.8 Å². The first-order chi connectivity index (χ1) is 13.5. The van der Waals surface area contributed by atoms with Crippen molar-refractivity contribution in [2.45, 2.75) is 19.3 Å². The average molecular weight is 406 g/mol. The Morgan fingerprint density at radius 3 is 2.50 bits per heavy atom. The second-order valence-corrected chi connectivity index (χ2v) is 6.76. The van der Waals surface area contributed by atoms with Crippen molar-refractivity contribution >= 4 is 23.2 Å². The number of hydrogen-bond acceptors (Lipinski definition) is 6. The average Bonchev–Trinajstić information content (AvgIpc) is 2.70. The number of nitrogens with one attached hydrogen (secondary N) is 1. The molecule has 0 saturated carbocycles. The number of carbonyl (C=O) groups excluding carboxylic acids is 1. The third kappa shape index (κ3) is 4.71. The monoisotopic (exact) mass is 405 g/mol. The van der Waals surface area contributed by atoms with Gasteiger partial charge >= 0.3 is 5.69 Å². The van der Waals surface area contributed by atoms with E-state index in [0.717, 1.165) is 25.9 Å². The Balaban J connectivity index is 1.80. The van der Waals surface area contributed by atoms with Gasteiger partial charge in [0.1, 0.15) is 0 Å². The van der Waals surface area contributed by atoms with Gasteiger partial charge in [-0.2, -0.15) is 0 Å². The van der Waals surface area contributed by atoms with Crippen LogP contribution in [0.3, 0.4) is 0 Å². The highest BCUT2D eigenvalue weighted by atomic mass is 35.5. The lowest BCUT2D eigenvalue weighted by molar-refractivity contribution is -0.385. The Hall–Kier alpha value is -2.84. The minimum atomic E-state index is -0.575. The van der Waals surface area contributed by atoms with Crippen LogP contribution in [0.25, 0.3) is 0 Å². The first-order valence-electron chi connectivity index (χ1n) is 8.83. The summed E-state index contributed by atoms with van der Waals surface area (Å²) in [6.45, 7) is 1.65. The molecule has 1 amide bonds. The van der Waals surface area contributed by atoms with E-state index in [2.05, 4.69) is 5.43 Å². The molecule has 0 spiro atoms. The molecular formula is C19H20ClN3O5. The Kier molecular flexibility index (Phi) is 6.33. The van der Waals surface area contributed by atoms with Crippen LogP contribution in [0.5, 0.6) is 17.2 Å². The number of carbonyl (C=O) groups is 1. The van der Waals surface area contributed by atoms with E-state index < -0.39 is 4.92 Å². The number of nitro groups is 1. The second-order valence-electron chi connectivity index (χ2n) is 6.33. The number of hydrogen-bond donors (Lipinski definition) is 1. The summed E-state index contributed by atoms with van der Waals surface area (Å²) in [7, 11) is 1.44. The number of piperidine rings is 1. The Bertz CT molecular complexity index is 884. The topological polar surface area (TPSA) is 93.9 Å². The van der Waals surface area contributed by atoms with Crippen molar-refractivity contribution in [3.05, 3.63) is 57.1 Å². The maximum absolute atomic E-state index is 12.5. The predicted octanol–water partition coefficient (Wildman–Crippen LogP) is 4.18. The summed E-state index contributed by atoms with van der Waals surface area (Å²) in [6, 6.07) is 8.79. The van der Waals surface area contributed by atoms with Crippen LogP contribution in [0.1, 0.15) is 29.6 Å². The van der Waals surface area contributed by atoms with Crippen molar-refractivity contribution in [3.63, 3.8) is 0 Å². The number of hydrazine groups is 1. The zero-order chi connectivity index (χ0) is 20.1. The first-order valence-corrected chi connectivity index (χ1v) is 9.21. The first kappa shape index (κ1) is 19.9. The quantitative estimate of drug-likeness (QED) is 0.572. The normalized spacial score (nSPS) is 14.4. The predicted molar refractivity (Wildman–Crippen MR) is 104 cm³/mol. The highest BCUT2D eigenvalue weighted by molar-refractivity contribution is 6.30. The summed E-state index contributed by atoms with van der Waals surface area (Å²) >= 11 is 5.82. The Morgan fingerprint density at radius 2 is 1.82 bits per heavy atom. The smallest absolute Gasteiger partial charge is 0.313 e. The molecule has 0 atom stereocenters. The van der Waals surface area contributed by atoms with Crippen molar-refractivity contribution in [1.82, 2.24) is 10.4 Å². The lowest BCUT2D eigenvalue weighted by Crippen LogP contribution is -2.45. The Labute approximate surface area is 167 Å². The van der Waals surface area contributed by atoms with E-state index in [1.807, 2.05) is 5.01 Å². The summed E-state index contributed by atoms with van der Waals surface area (Å²) < 4.78 is 11.0. The van der Waals surface area contributed by atoms with Crippen LogP contribution in [-0.4, -0.2) is 36.0 Å². The summed E-state index contributed by atoms with van der Waals surface area (Å²) in [6.07, 6.45) is 3.27. The maximum Gasteiger partial charge on any atom is 0.313 e. The number of methoxy groups -OCH3 is 1. The van der Waals surface area contributed by atoms with E-state index in [-0.39, 0.29) is 33.9 Å². The molecule has 9 heteroatoms. The molecule has 3 rings (SSSR count). The number of rotatable bonds is 6. The van der Waals surface area contributed by atoms with Crippen LogP contribution in [0.2, 0.25) is 5.02 Å². The van der Waals surface area contributed by atoms with Gasteiger partial charge in [0.2, 0.25) is 5.75 Å². The molecule has 0 radical (unpaired) electrons. The SMILES string of the molecule is COc1cc(C(=O)NN2CCCCC2)ccc1Oc1ccc(Cl)cc1[N+](=O)[O-]. The van der Waals surface area contributed by atoms with Gasteiger partial charge in [0.15, 0.2) is 11.5 Å². The highest BCUT2D eigenvalue weighted by Gasteiger charge is 2.20.